The van der Waals surface area contributed by atoms with Gasteiger partial charge in [-0.1, -0.05) is 6.92 Å². The van der Waals surface area contributed by atoms with Crippen LogP contribution in [0.15, 0.2) is 18.2 Å². The predicted octanol–water partition coefficient (Wildman–Crippen LogP) is 2.43. The Balaban J connectivity index is 1.80. The van der Waals surface area contributed by atoms with Gasteiger partial charge in [-0.25, -0.2) is 0 Å². The van der Waals surface area contributed by atoms with Gasteiger partial charge in [0.05, 0.1) is 19.1 Å². The van der Waals surface area contributed by atoms with Crippen LogP contribution >= 0.6 is 0 Å². The number of amides is 1. The molecule has 0 unspecified atom stereocenters. The van der Waals surface area contributed by atoms with E-state index in [2.05, 4.69) is 0 Å². The van der Waals surface area contributed by atoms with Crippen LogP contribution in [0.1, 0.15) is 43.0 Å². The quantitative estimate of drug-likeness (QED) is 0.842. The highest BCUT2D eigenvalue weighted by Gasteiger charge is 2.43. The fraction of sp³-hybridized carbons (Fsp3) is 0.529. The molecule has 1 aromatic rings. The van der Waals surface area contributed by atoms with E-state index in [4.69, 9.17) is 9.47 Å². The molecular formula is C17H21NO4. The van der Waals surface area contributed by atoms with Gasteiger partial charge in [0, 0.05) is 38.4 Å². The molecule has 1 spiro atoms. The number of carbonyl (C=O) groups excluding carboxylic acids is 2. The fourth-order valence-electron chi connectivity index (χ4n) is 3.27. The van der Waals surface area contributed by atoms with Crippen LogP contribution in [-0.2, 0) is 4.79 Å². The van der Waals surface area contributed by atoms with Crippen LogP contribution in [0.4, 0.5) is 0 Å². The lowest BCUT2D eigenvalue weighted by Gasteiger charge is -2.44. The van der Waals surface area contributed by atoms with Crippen LogP contribution in [0.5, 0.6) is 11.5 Å². The monoisotopic (exact) mass is 303 g/mol. The molecule has 5 nitrogen and oxygen atoms in total. The summed E-state index contributed by atoms with van der Waals surface area (Å²) in [6, 6.07) is 5.32. The van der Waals surface area contributed by atoms with Gasteiger partial charge in [0.15, 0.2) is 5.78 Å². The van der Waals surface area contributed by atoms with Crippen LogP contribution in [0, 0.1) is 0 Å². The van der Waals surface area contributed by atoms with E-state index in [9.17, 15) is 9.59 Å². The van der Waals surface area contributed by atoms with Gasteiger partial charge in [0.2, 0.25) is 5.91 Å². The summed E-state index contributed by atoms with van der Waals surface area (Å²) >= 11 is 0. The van der Waals surface area contributed by atoms with Gasteiger partial charge in [-0.2, -0.15) is 0 Å². The lowest BCUT2D eigenvalue weighted by Crippen LogP contribution is -2.52. The number of piperidine rings is 1. The summed E-state index contributed by atoms with van der Waals surface area (Å²) in [4.78, 5) is 26.1. The Morgan fingerprint density at radius 2 is 2.09 bits per heavy atom. The van der Waals surface area contributed by atoms with Gasteiger partial charge in [-0.15, -0.1) is 0 Å². The molecule has 0 bridgehead atoms. The highest BCUT2D eigenvalue weighted by molar-refractivity contribution is 6.00. The number of hydrogen-bond acceptors (Lipinski definition) is 4. The molecule has 3 rings (SSSR count). The second kappa shape index (κ2) is 5.63. The average molecular weight is 303 g/mol. The van der Waals surface area contributed by atoms with Gasteiger partial charge in [0.25, 0.3) is 0 Å². The molecular weight excluding hydrogens is 282 g/mol. The van der Waals surface area contributed by atoms with Crippen molar-refractivity contribution >= 4 is 11.7 Å². The Morgan fingerprint density at radius 1 is 1.36 bits per heavy atom. The minimum Gasteiger partial charge on any atom is -0.497 e. The summed E-state index contributed by atoms with van der Waals surface area (Å²) in [5.41, 5.74) is 0.152. The van der Waals surface area contributed by atoms with Crippen molar-refractivity contribution in [1.29, 1.82) is 0 Å². The molecule has 0 N–H and O–H groups in total. The number of likely N-dealkylation sites (tertiary alicyclic amines) is 1. The molecule has 22 heavy (non-hydrogen) atoms. The molecule has 1 amide bonds. The van der Waals surface area contributed by atoms with Gasteiger partial charge >= 0.3 is 0 Å². The smallest absolute Gasteiger partial charge is 0.222 e. The van der Waals surface area contributed by atoms with Gasteiger partial charge in [-0.3, -0.25) is 9.59 Å². The molecule has 2 aliphatic rings. The molecule has 0 radical (unpaired) electrons. The molecule has 2 aliphatic heterocycles. The molecule has 0 saturated carbocycles. The number of ketones is 1. The van der Waals surface area contributed by atoms with Crippen molar-refractivity contribution in [3.8, 4) is 11.5 Å². The summed E-state index contributed by atoms with van der Waals surface area (Å²) in [5, 5.41) is 0. The highest BCUT2D eigenvalue weighted by atomic mass is 16.5. The van der Waals surface area contributed by atoms with E-state index in [0.29, 0.717) is 55.8 Å². The van der Waals surface area contributed by atoms with Crippen LogP contribution in [-0.4, -0.2) is 42.4 Å². The van der Waals surface area contributed by atoms with Crippen LogP contribution in [0.2, 0.25) is 0 Å². The third-order valence-corrected chi connectivity index (χ3v) is 4.63. The van der Waals surface area contributed by atoms with Crippen molar-refractivity contribution < 1.29 is 19.1 Å². The Morgan fingerprint density at radius 3 is 2.73 bits per heavy atom. The summed E-state index contributed by atoms with van der Waals surface area (Å²) in [6.45, 7) is 3.17. The molecule has 1 aromatic carbocycles. The lowest BCUT2D eigenvalue weighted by atomic mass is 9.82. The fourth-order valence-corrected chi connectivity index (χ4v) is 3.27. The molecule has 0 aromatic heterocycles. The topological polar surface area (TPSA) is 55.8 Å². The zero-order valence-electron chi connectivity index (χ0n) is 13.1. The van der Waals surface area contributed by atoms with Crippen LogP contribution in [0.25, 0.3) is 0 Å². The largest absolute Gasteiger partial charge is 0.497 e. The number of benzene rings is 1. The number of methoxy groups -OCH3 is 1. The van der Waals surface area contributed by atoms with Crippen molar-refractivity contribution in [2.24, 2.45) is 0 Å². The normalized spacial score (nSPS) is 19.5. The molecule has 1 saturated heterocycles. The second-order valence-electron chi connectivity index (χ2n) is 5.98. The number of Topliss-reactive ketones (excluding diaryl/α,β-unsaturated/α-hetero) is 1. The lowest BCUT2D eigenvalue weighted by molar-refractivity contribution is -0.134. The predicted molar refractivity (Wildman–Crippen MR) is 81.4 cm³/mol. The minimum atomic E-state index is -0.471. The third kappa shape index (κ3) is 2.56. The molecule has 0 aliphatic carbocycles. The summed E-state index contributed by atoms with van der Waals surface area (Å²) in [6.07, 6.45) is 2.30. The molecule has 2 heterocycles. The van der Waals surface area contributed by atoms with Gasteiger partial charge in [0.1, 0.15) is 17.1 Å². The highest BCUT2D eigenvalue weighted by Crippen LogP contribution is 2.40. The van der Waals surface area contributed by atoms with Crippen LogP contribution < -0.4 is 9.47 Å². The first-order chi connectivity index (χ1) is 10.6. The first-order valence-electron chi connectivity index (χ1n) is 7.75. The summed E-state index contributed by atoms with van der Waals surface area (Å²) in [5.74, 6) is 1.56. The Kier molecular flexibility index (Phi) is 3.81. The number of fused-ring (bicyclic) bond motifs is 1. The maximum atomic E-state index is 12.4. The van der Waals surface area contributed by atoms with E-state index >= 15 is 0 Å². The SMILES string of the molecule is CCC(=O)N1CCC2(CC1)CC(=O)c1ccc(OC)cc1O2. The van der Waals surface area contributed by atoms with E-state index in [0.717, 1.165) is 0 Å². The molecule has 5 heteroatoms. The maximum absolute atomic E-state index is 12.4. The third-order valence-electron chi connectivity index (χ3n) is 4.63. The van der Waals surface area contributed by atoms with Crippen LogP contribution in [0.3, 0.4) is 0 Å². The van der Waals surface area contributed by atoms with Crippen molar-refractivity contribution in [3.05, 3.63) is 23.8 Å². The number of nitrogens with zero attached hydrogens (tertiary/aromatic N) is 1. The van der Waals surface area contributed by atoms with Crippen molar-refractivity contribution in [2.75, 3.05) is 20.2 Å². The standard InChI is InChI=1S/C17H21NO4/c1-3-16(20)18-8-6-17(7-9-18)11-14(19)13-5-4-12(21-2)10-15(13)22-17/h4-5,10H,3,6-9,11H2,1-2H3. The maximum Gasteiger partial charge on any atom is 0.222 e. The van der Waals surface area contributed by atoms with E-state index in [1.54, 1.807) is 25.3 Å². The number of rotatable bonds is 2. The minimum absolute atomic E-state index is 0.110. The molecule has 0 atom stereocenters. The first-order valence-corrected chi connectivity index (χ1v) is 7.75. The zero-order chi connectivity index (χ0) is 15.7. The second-order valence-corrected chi connectivity index (χ2v) is 5.98. The van der Waals surface area contributed by atoms with E-state index in [1.807, 2.05) is 11.8 Å². The molecule has 118 valence electrons. The average Bonchev–Trinajstić information content (AvgIpc) is 2.54. The van der Waals surface area contributed by atoms with E-state index < -0.39 is 5.60 Å². The van der Waals surface area contributed by atoms with E-state index in [1.165, 1.54) is 0 Å². The number of hydrogen-bond donors (Lipinski definition) is 0. The number of carbonyl (C=O) groups is 2. The van der Waals surface area contributed by atoms with Gasteiger partial charge < -0.3 is 14.4 Å². The van der Waals surface area contributed by atoms with Gasteiger partial charge in [-0.05, 0) is 12.1 Å². The van der Waals surface area contributed by atoms with E-state index in [-0.39, 0.29) is 11.7 Å². The summed E-state index contributed by atoms with van der Waals surface area (Å²) in [7, 11) is 1.59. The summed E-state index contributed by atoms with van der Waals surface area (Å²) < 4.78 is 11.4. The van der Waals surface area contributed by atoms with Crippen molar-refractivity contribution in [1.82, 2.24) is 4.90 Å². The van der Waals surface area contributed by atoms with Crippen molar-refractivity contribution in [2.45, 2.75) is 38.2 Å². The first kappa shape index (κ1) is 14.9. The zero-order valence-corrected chi connectivity index (χ0v) is 13.1. The Hall–Kier alpha value is -2.04. The molecule has 1 fully saturated rings. The Labute approximate surface area is 130 Å². The number of ether oxygens (including phenoxy) is 2. The van der Waals surface area contributed by atoms with Crippen molar-refractivity contribution in [3.63, 3.8) is 0 Å². The Bertz CT molecular complexity index is 603.